The minimum absolute atomic E-state index is 0.131. The zero-order valence-corrected chi connectivity index (χ0v) is 6.84. The van der Waals surface area contributed by atoms with Crippen molar-refractivity contribution in [3.8, 4) is 0 Å². The topological polar surface area (TPSA) is 40.5 Å². The summed E-state index contributed by atoms with van der Waals surface area (Å²) in [6.45, 7) is 1.14. The van der Waals surface area contributed by atoms with E-state index >= 15 is 0 Å². The number of rotatable bonds is 2. The molecular weight excluding hydrogens is 159 g/mol. The predicted octanol–water partition coefficient (Wildman–Crippen LogP) is 1.12. The highest BCUT2D eigenvalue weighted by atomic mass is 19.1. The van der Waals surface area contributed by atoms with Crippen LogP contribution in [0.5, 0.6) is 0 Å². The Labute approximate surface area is 70.3 Å². The molecule has 0 fully saturated rings. The van der Waals surface area contributed by atoms with Crippen molar-refractivity contribution in [1.29, 1.82) is 0 Å². The van der Waals surface area contributed by atoms with E-state index in [1.807, 2.05) is 0 Å². The molecule has 0 aliphatic carbocycles. The summed E-state index contributed by atoms with van der Waals surface area (Å²) in [5, 5.41) is 17.5. The first-order chi connectivity index (χ1) is 5.69. The number of hydrogen-bond donors (Lipinski definition) is 2. The van der Waals surface area contributed by atoms with E-state index in [1.54, 1.807) is 13.0 Å². The molecule has 2 nitrogen and oxygen atoms in total. The number of aliphatic hydroxyl groups is 2. The van der Waals surface area contributed by atoms with Crippen molar-refractivity contribution in [2.45, 2.75) is 20.1 Å². The normalized spacial score (nSPS) is 10.3. The first-order valence-electron chi connectivity index (χ1n) is 3.68. The Balaban J connectivity index is 3.19. The first kappa shape index (κ1) is 9.16. The third-order valence-electron chi connectivity index (χ3n) is 1.74. The van der Waals surface area contributed by atoms with Crippen molar-refractivity contribution in [2.75, 3.05) is 0 Å². The van der Waals surface area contributed by atoms with E-state index < -0.39 is 5.82 Å². The molecule has 0 aliphatic heterocycles. The molecule has 12 heavy (non-hydrogen) atoms. The van der Waals surface area contributed by atoms with E-state index in [0.29, 0.717) is 11.1 Å². The van der Waals surface area contributed by atoms with E-state index in [2.05, 4.69) is 0 Å². The molecular formula is C9H11FO2. The smallest absolute Gasteiger partial charge is 0.131 e. The highest BCUT2D eigenvalue weighted by molar-refractivity contribution is 5.30. The van der Waals surface area contributed by atoms with Crippen LogP contribution in [0.1, 0.15) is 16.7 Å². The van der Waals surface area contributed by atoms with Gasteiger partial charge in [-0.25, -0.2) is 4.39 Å². The number of aliphatic hydroxyl groups excluding tert-OH is 2. The molecule has 2 N–H and O–H groups in total. The Morgan fingerprint density at radius 1 is 1.25 bits per heavy atom. The molecule has 0 aliphatic rings. The molecule has 0 bridgehead atoms. The van der Waals surface area contributed by atoms with Crippen LogP contribution in [-0.4, -0.2) is 10.2 Å². The van der Waals surface area contributed by atoms with Crippen molar-refractivity contribution in [3.63, 3.8) is 0 Å². The average Bonchev–Trinajstić information content (AvgIpc) is 2.09. The lowest BCUT2D eigenvalue weighted by Gasteiger charge is -2.05. The predicted molar refractivity (Wildman–Crippen MR) is 43.0 cm³/mol. The van der Waals surface area contributed by atoms with Gasteiger partial charge in [0.15, 0.2) is 0 Å². The zero-order chi connectivity index (χ0) is 9.14. The van der Waals surface area contributed by atoms with Crippen LogP contribution >= 0.6 is 0 Å². The Kier molecular flexibility index (Phi) is 2.78. The molecule has 0 amide bonds. The van der Waals surface area contributed by atoms with E-state index in [4.69, 9.17) is 10.2 Å². The fourth-order valence-corrected chi connectivity index (χ4v) is 1.13. The molecule has 1 aromatic carbocycles. The minimum Gasteiger partial charge on any atom is -0.392 e. The van der Waals surface area contributed by atoms with Gasteiger partial charge in [-0.3, -0.25) is 0 Å². The van der Waals surface area contributed by atoms with Gasteiger partial charge in [-0.05, 0) is 24.1 Å². The fourth-order valence-electron chi connectivity index (χ4n) is 1.13. The van der Waals surface area contributed by atoms with Crippen molar-refractivity contribution in [1.82, 2.24) is 0 Å². The lowest BCUT2D eigenvalue weighted by molar-refractivity contribution is 0.270. The van der Waals surface area contributed by atoms with Crippen molar-refractivity contribution in [2.24, 2.45) is 0 Å². The van der Waals surface area contributed by atoms with Crippen LogP contribution in [0.3, 0.4) is 0 Å². The lowest BCUT2D eigenvalue weighted by atomic mass is 10.1. The molecule has 0 heterocycles. The third-order valence-corrected chi connectivity index (χ3v) is 1.74. The molecule has 0 atom stereocenters. The fraction of sp³-hybridized carbons (Fsp3) is 0.333. The quantitative estimate of drug-likeness (QED) is 0.698. The van der Waals surface area contributed by atoms with Crippen LogP contribution < -0.4 is 0 Å². The second-order valence-electron chi connectivity index (χ2n) is 2.70. The number of aryl methyl sites for hydroxylation is 1. The highest BCUT2D eigenvalue weighted by Gasteiger charge is 2.05. The van der Waals surface area contributed by atoms with Crippen molar-refractivity contribution in [3.05, 3.63) is 34.6 Å². The molecule has 0 saturated heterocycles. The van der Waals surface area contributed by atoms with Crippen LogP contribution in [0, 0.1) is 12.7 Å². The van der Waals surface area contributed by atoms with Gasteiger partial charge < -0.3 is 10.2 Å². The molecule has 66 valence electrons. The van der Waals surface area contributed by atoms with Gasteiger partial charge in [0, 0.05) is 5.56 Å². The SMILES string of the molecule is Cc1cc(CO)cc(CO)c1F. The number of halogens is 1. The molecule has 0 saturated carbocycles. The minimum atomic E-state index is -0.394. The molecule has 0 spiro atoms. The third kappa shape index (κ3) is 1.62. The van der Waals surface area contributed by atoms with Gasteiger partial charge in [-0.2, -0.15) is 0 Å². The number of benzene rings is 1. The molecule has 0 unspecified atom stereocenters. The van der Waals surface area contributed by atoms with Crippen LogP contribution in [0.2, 0.25) is 0 Å². The van der Waals surface area contributed by atoms with Gasteiger partial charge >= 0.3 is 0 Å². The lowest BCUT2D eigenvalue weighted by Crippen LogP contribution is -1.96. The van der Waals surface area contributed by atoms with Crippen molar-refractivity contribution < 1.29 is 14.6 Å². The largest absolute Gasteiger partial charge is 0.392 e. The Morgan fingerprint density at radius 2 is 1.92 bits per heavy atom. The monoisotopic (exact) mass is 170 g/mol. The average molecular weight is 170 g/mol. The standard InChI is InChI=1S/C9H11FO2/c1-6-2-7(4-11)3-8(5-12)9(6)10/h2-3,11-12H,4-5H2,1H3. The molecule has 3 heteroatoms. The summed E-state index contributed by atoms with van der Waals surface area (Å²) < 4.78 is 13.1. The van der Waals surface area contributed by atoms with Gasteiger partial charge in [-0.1, -0.05) is 6.07 Å². The summed E-state index contributed by atoms with van der Waals surface area (Å²) in [4.78, 5) is 0. The zero-order valence-electron chi connectivity index (χ0n) is 6.84. The Hall–Kier alpha value is -0.930. The molecule has 1 aromatic rings. The van der Waals surface area contributed by atoms with E-state index in [0.717, 1.165) is 0 Å². The van der Waals surface area contributed by atoms with E-state index in [1.165, 1.54) is 6.07 Å². The summed E-state index contributed by atoms with van der Waals surface area (Å²) in [7, 11) is 0. The van der Waals surface area contributed by atoms with E-state index in [9.17, 15) is 4.39 Å². The maximum Gasteiger partial charge on any atom is 0.131 e. The molecule has 0 aromatic heterocycles. The highest BCUT2D eigenvalue weighted by Crippen LogP contribution is 2.15. The van der Waals surface area contributed by atoms with Crippen LogP contribution in [0.25, 0.3) is 0 Å². The number of hydrogen-bond acceptors (Lipinski definition) is 2. The van der Waals surface area contributed by atoms with Crippen LogP contribution in [0.15, 0.2) is 12.1 Å². The second-order valence-corrected chi connectivity index (χ2v) is 2.70. The van der Waals surface area contributed by atoms with Gasteiger partial charge in [0.1, 0.15) is 5.82 Å². The maximum absolute atomic E-state index is 13.1. The van der Waals surface area contributed by atoms with Crippen LogP contribution in [0.4, 0.5) is 4.39 Å². The summed E-state index contributed by atoms with van der Waals surface area (Å²) >= 11 is 0. The van der Waals surface area contributed by atoms with Gasteiger partial charge in [-0.15, -0.1) is 0 Å². The van der Waals surface area contributed by atoms with E-state index in [-0.39, 0.29) is 18.8 Å². The summed E-state index contributed by atoms with van der Waals surface area (Å²) in [6.07, 6.45) is 0. The van der Waals surface area contributed by atoms with Crippen molar-refractivity contribution >= 4 is 0 Å². The first-order valence-corrected chi connectivity index (χ1v) is 3.68. The van der Waals surface area contributed by atoms with Gasteiger partial charge in [0.05, 0.1) is 13.2 Å². The Bertz CT molecular complexity index is 284. The Morgan fingerprint density at radius 3 is 2.42 bits per heavy atom. The molecule has 0 radical (unpaired) electrons. The van der Waals surface area contributed by atoms with Crippen LogP contribution in [-0.2, 0) is 13.2 Å². The summed E-state index contributed by atoms with van der Waals surface area (Å²) in [5.41, 5.74) is 1.31. The second kappa shape index (κ2) is 3.65. The summed E-state index contributed by atoms with van der Waals surface area (Å²) in [5.74, 6) is -0.394. The maximum atomic E-state index is 13.1. The van der Waals surface area contributed by atoms with Gasteiger partial charge in [0.25, 0.3) is 0 Å². The summed E-state index contributed by atoms with van der Waals surface area (Å²) in [6, 6.07) is 3.02. The van der Waals surface area contributed by atoms with Gasteiger partial charge in [0.2, 0.25) is 0 Å². The molecule has 1 rings (SSSR count).